The lowest BCUT2D eigenvalue weighted by atomic mass is 10.1. The number of rotatable bonds is 7. The van der Waals surface area contributed by atoms with Crippen molar-refractivity contribution >= 4 is 16.0 Å². The molecule has 1 aromatic rings. The van der Waals surface area contributed by atoms with Gasteiger partial charge in [-0.15, -0.1) is 0 Å². The number of ether oxygens (including phenoxy) is 1. The number of esters is 1. The Morgan fingerprint density at radius 3 is 2.71 bits per heavy atom. The Hall–Kier alpha value is -1.41. The second-order valence-corrected chi connectivity index (χ2v) is 7.12. The molecule has 0 radical (unpaired) electrons. The number of primary sulfonamides is 1. The van der Waals surface area contributed by atoms with Gasteiger partial charge in [-0.1, -0.05) is 20.3 Å². The lowest BCUT2D eigenvalue weighted by Gasteiger charge is -2.10. The van der Waals surface area contributed by atoms with Crippen LogP contribution in [0.2, 0.25) is 0 Å². The molecule has 1 aliphatic carbocycles. The van der Waals surface area contributed by atoms with Gasteiger partial charge in [-0.3, -0.25) is 5.10 Å². The van der Waals surface area contributed by atoms with Crippen molar-refractivity contribution in [2.45, 2.75) is 50.3 Å². The SMILES string of the molecule is CCCC(C)COC(=O)c1n[nH]c(C2CC2)c1S(N)(=O)=O. The summed E-state index contributed by atoms with van der Waals surface area (Å²) in [6, 6.07) is 0. The fourth-order valence-corrected chi connectivity index (χ4v) is 3.20. The number of hydrogen-bond donors (Lipinski definition) is 2. The van der Waals surface area contributed by atoms with Gasteiger partial charge in [0.1, 0.15) is 4.90 Å². The van der Waals surface area contributed by atoms with E-state index >= 15 is 0 Å². The Balaban J connectivity index is 2.17. The van der Waals surface area contributed by atoms with Crippen LogP contribution in [-0.2, 0) is 14.8 Å². The summed E-state index contributed by atoms with van der Waals surface area (Å²) in [6.45, 7) is 4.26. The minimum Gasteiger partial charge on any atom is -0.461 e. The van der Waals surface area contributed by atoms with Crippen molar-refractivity contribution in [1.29, 1.82) is 0 Å². The number of aromatic amines is 1. The smallest absolute Gasteiger partial charge is 0.360 e. The molecule has 0 aliphatic heterocycles. The second kappa shape index (κ2) is 6.15. The maximum absolute atomic E-state index is 12.1. The van der Waals surface area contributed by atoms with E-state index in [0.29, 0.717) is 5.69 Å². The molecule has 0 saturated heterocycles. The zero-order valence-electron chi connectivity index (χ0n) is 12.3. The van der Waals surface area contributed by atoms with E-state index < -0.39 is 16.0 Å². The van der Waals surface area contributed by atoms with Crippen molar-refractivity contribution in [3.63, 3.8) is 0 Å². The van der Waals surface area contributed by atoms with Crippen LogP contribution in [0.1, 0.15) is 61.6 Å². The summed E-state index contributed by atoms with van der Waals surface area (Å²) < 4.78 is 28.6. The van der Waals surface area contributed by atoms with E-state index in [-0.39, 0.29) is 29.0 Å². The zero-order valence-corrected chi connectivity index (χ0v) is 13.1. The van der Waals surface area contributed by atoms with Crippen LogP contribution in [0.5, 0.6) is 0 Å². The standard InChI is InChI=1S/C13H21N3O4S/c1-3-4-8(2)7-20-13(17)11-12(21(14,18)19)10(15-16-11)9-5-6-9/h8-9H,3-7H2,1-2H3,(H,15,16)(H2,14,18,19). The first kappa shape index (κ1) is 16.0. The highest BCUT2D eigenvalue weighted by atomic mass is 32.2. The molecule has 0 amide bonds. The number of nitrogens with two attached hydrogens (primary N) is 1. The van der Waals surface area contributed by atoms with Gasteiger partial charge < -0.3 is 4.74 Å². The third-order valence-corrected chi connectivity index (χ3v) is 4.47. The zero-order chi connectivity index (χ0) is 15.6. The lowest BCUT2D eigenvalue weighted by molar-refractivity contribution is 0.0432. The van der Waals surface area contributed by atoms with Gasteiger partial charge in [-0.25, -0.2) is 18.4 Å². The summed E-state index contributed by atoms with van der Waals surface area (Å²) in [7, 11) is -4.01. The number of hydrogen-bond acceptors (Lipinski definition) is 5. The predicted molar refractivity (Wildman–Crippen MR) is 76.3 cm³/mol. The van der Waals surface area contributed by atoms with E-state index in [1.54, 1.807) is 0 Å². The highest BCUT2D eigenvalue weighted by molar-refractivity contribution is 7.89. The number of sulfonamides is 1. The lowest BCUT2D eigenvalue weighted by Crippen LogP contribution is -2.19. The van der Waals surface area contributed by atoms with Crippen LogP contribution < -0.4 is 5.14 Å². The van der Waals surface area contributed by atoms with Gasteiger partial charge in [-0.2, -0.15) is 5.10 Å². The maximum Gasteiger partial charge on any atom is 0.360 e. The number of carbonyl (C=O) groups is 1. The van der Waals surface area contributed by atoms with Crippen molar-refractivity contribution in [2.75, 3.05) is 6.61 Å². The van der Waals surface area contributed by atoms with Gasteiger partial charge >= 0.3 is 5.97 Å². The summed E-state index contributed by atoms with van der Waals surface area (Å²) in [4.78, 5) is 11.8. The number of H-pyrrole nitrogens is 1. The monoisotopic (exact) mass is 315 g/mol. The molecule has 0 spiro atoms. The van der Waals surface area contributed by atoms with Crippen molar-refractivity contribution < 1.29 is 17.9 Å². The fourth-order valence-electron chi connectivity index (χ4n) is 2.28. The summed E-state index contributed by atoms with van der Waals surface area (Å²) in [5, 5.41) is 11.6. The average Bonchev–Trinajstić information content (AvgIpc) is 3.13. The topological polar surface area (TPSA) is 115 Å². The molecule has 0 aromatic carbocycles. The molecule has 1 aromatic heterocycles. The number of nitrogens with one attached hydrogen (secondary N) is 1. The molecule has 1 aliphatic rings. The first-order valence-corrected chi connectivity index (χ1v) is 8.67. The van der Waals surface area contributed by atoms with Crippen molar-refractivity contribution in [1.82, 2.24) is 10.2 Å². The van der Waals surface area contributed by atoms with Crippen LogP contribution >= 0.6 is 0 Å². The minimum absolute atomic E-state index is 0.0893. The molecule has 1 saturated carbocycles. The average molecular weight is 315 g/mol. The van der Waals surface area contributed by atoms with Crippen molar-refractivity contribution in [3.8, 4) is 0 Å². The molecule has 1 fully saturated rings. The normalized spacial score (nSPS) is 16.7. The van der Waals surface area contributed by atoms with Crippen LogP contribution in [0.3, 0.4) is 0 Å². The molecule has 1 heterocycles. The molecular weight excluding hydrogens is 294 g/mol. The fraction of sp³-hybridized carbons (Fsp3) is 0.692. The molecular formula is C13H21N3O4S. The first-order chi connectivity index (χ1) is 9.84. The van der Waals surface area contributed by atoms with Gasteiger partial charge in [0.2, 0.25) is 10.0 Å². The Bertz CT molecular complexity index is 619. The largest absolute Gasteiger partial charge is 0.461 e. The third-order valence-electron chi connectivity index (χ3n) is 3.49. The highest BCUT2D eigenvalue weighted by Crippen LogP contribution is 2.42. The van der Waals surface area contributed by atoms with Crippen LogP contribution in [-0.4, -0.2) is 31.2 Å². The van der Waals surface area contributed by atoms with E-state index in [2.05, 4.69) is 10.2 Å². The molecule has 118 valence electrons. The summed E-state index contributed by atoms with van der Waals surface area (Å²) in [5.41, 5.74) is 0.189. The van der Waals surface area contributed by atoms with E-state index in [0.717, 1.165) is 25.7 Å². The molecule has 2 rings (SSSR count). The molecule has 8 heteroatoms. The molecule has 3 N–H and O–H groups in total. The highest BCUT2D eigenvalue weighted by Gasteiger charge is 2.36. The quantitative estimate of drug-likeness (QED) is 0.740. The maximum atomic E-state index is 12.1. The third kappa shape index (κ3) is 3.82. The van der Waals surface area contributed by atoms with Crippen LogP contribution in [0.25, 0.3) is 0 Å². The van der Waals surface area contributed by atoms with Gasteiger partial charge in [0, 0.05) is 5.92 Å². The van der Waals surface area contributed by atoms with Crippen LogP contribution in [0, 0.1) is 5.92 Å². The van der Waals surface area contributed by atoms with Crippen molar-refractivity contribution in [3.05, 3.63) is 11.4 Å². The van der Waals surface area contributed by atoms with E-state index in [9.17, 15) is 13.2 Å². The van der Waals surface area contributed by atoms with Gasteiger partial charge in [0.15, 0.2) is 5.69 Å². The van der Waals surface area contributed by atoms with E-state index in [4.69, 9.17) is 9.88 Å². The molecule has 21 heavy (non-hydrogen) atoms. The number of carbonyl (C=O) groups excluding carboxylic acids is 1. The summed E-state index contributed by atoms with van der Waals surface area (Å²) >= 11 is 0. The van der Waals surface area contributed by atoms with Gasteiger partial charge in [0.05, 0.1) is 12.3 Å². The Kier molecular flexibility index (Phi) is 4.67. The molecule has 0 bridgehead atoms. The summed E-state index contributed by atoms with van der Waals surface area (Å²) in [6.07, 6.45) is 3.66. The molecule has 7 nitrogen and oxygen atoms in total. The van der Waals surface area contributed by atoms with Crippen LogP contribution in [0.15, 0.2) is 4.90 Å². The number of aromatic nitrogens is 2. The van der Waals surface area contributed by atoms with Crippen LogP contribution in [0.4, 0.5) is 0 Å². The Morgan fingerprint density at radius 2 is 2.19 bits per heavy atom. The van der Waals surface area contributed by atoms with E-state index in [1.165, 1.54) is 0 Å². The second-order valence-electron chi connectivity index (χ2n) is 5.63. The van der Waals surface area contributed by atoms with Gasteiger partial charge in [0.25, 0.3) is 0 Å². The first-order valence-electron chi connectivity index (χ1n) is 7.12. The Labute approximate surface area is 124 Å². The molecule has 1 unspecified atom stereocenters. The Morgan fingerprint density at radius 1 is 1.52 bits per heavy atom. The van der Waals surface area contributed by atoms with E-state index in [1.807, 2.05) is 13.8 Å². The predicted octanol–water partition coefficient (Wildman–Crippen LogP) is 1.53. The van der Waals surface area contributed by atoms with Crippen molar-refractivity contribution in [2.24, 2.45) is 11.1 Å². The minimum atomic E-state index is -4.01. The number of nitrogens with zero attached hydrogens (tertiary/aromatic N) is 1. The van der Waals surface area contributed by atoms with Gasteiger partial charge in [-0.05, 0) is 25.2 Å². The molecule has 1 atom stereocenters. The summed E-state index contributed by atoms with van der Waals surface area (Å²) in [5.74, 6) is -0.435.